The summed E-state index contributed by atoms with van der Waals surface area (Å²) in [5, 5.41) is 3.51. The molecule has 1 aliphatic heterocycles. The Morgan fingerprint density at radius 3 is 2.68 bits per heavy atom. The molecule has 1 N–H and O–H groups in total. The van der Waals surface area contributed by atoms with Gasteiger partial charge in [0.05, 0.1) is 12.4 Å². The average molecular weight is 473 g/mol. The van der Waals surface area contributed by atoms with Crippen molar-refractivity contribution >= 4 is 28.8 Å². The van der Waals surface area contributed by atoms with Crippen LogP contribution in [0, 0.1) is 5.92 Å². The van der Waals surface area contributed by atoms with Crippen LogP contribution in [-0.2, 0) is 9.53 Å². The lowest BCUT2D eigenvalue weighted by atomic mass is 10.3. The largest absolute Gasteiger partial charge is 0.375 e. The van der Waals surface area contributed by atoms with Gasteiger partial charge in [0, 0.05) is 57.8 Å². The van der Waals surface area contributed by atoms with E-state index in [1.54, 1.807) is 0 Å². The fourth-order valence-corrected chi connectivity index (χ4v) is 4.50. The van der Waals surface area contributed by atoms with E-state index in [0.29, 0.717) is 25.0 Å². The number of fused-ring (bicyclic) bond motifs is 1. The Labute approximate surface area is 202 Å². The maximum atomic E-state index is 12.6. The summed E-state index contributed by atoms with van der Waals surface area (Å²) in [5.41, 5.74) is 1.61. The maximum absolute atomic E-state index is 12.6. The van der Waals surface area contributed by atoms with Gasteiger partial charge in [0.2, 0.25) is 11.9 Å². The molecule has 0 aromatic carbocycles. The number of hydrogen-bond donors (Lipinski definition) is 1. The van der Waals surface area contributed by atoms with Gasteiger partial charge in [-0.2, -0.15) is 9.97 Å². The number of carbonyl (C=O) groups is 1. The van der Waals surface area contributed by atoms with E-state index in [2.05, 4.69) is 38.5 Å². The molecule has 1 atom stereocenters. The maximum Gasteiger partial charge on any atom is 0.229 e. The molecular weight excluding hydrogens is 432 g/mol. The average Bonchev–Trinajstić information content (AvgIpc) is 3.59. The van der Waals surface area contributed by atoms with Crippen LogP contribution >= 0.6 is 0 Å². The van der Waals surface area contributed by atoms with Gasteiger partial charge in [-0.1, -0.05) is 0 Å². The van der Waals surface area contributed by atoms with Crippen LogP contribution in [0.15, 0.2) is 6.33 Å². The Bertz CT molecular complexity index is 971. The molecule has 1 saturated carbocycles. The van der Waals surface area contributed by atoms with E-state index in [1.165, 1.54) is 0 Å². The van der Waals surface area contributed by atoms with Crippen molar-refractivity contribution in [2.24, 2.45) is 5.92 Å². The number of nitrogens with one attached hydrogen (secondary N) is 1. The summed E-state index contributed by atoms with van der Waals surface area (Å²) in [6, 6.07) is 0.237. The van der Waals surface area contributed by atoms with Crippen LogP contribution < -0.4 is 10.2 Å². The minimum atomic E-state index is 0.0424. The zero-order chi connectivity index (χ0) is 24.2. The predicted molar refractivity (Wildman–Crippen MR) is 134 cm³/mol. The normalized spacial score (nSPS) is 18.1. The van der Waals surface area contributed by atoms with Gasteiger partial charge < -0.3 is 29.3 Å². The molecule has 0 bridgehead atoms. The summed E-state index contributed by atoms with van der Waals surface area (Å²) >= 11 is 0. The predicted octanol–water partition coefficient (Wildman–Crippen LogP) is 2.23. The van der Waals surface area contributed by atoms with E-state index < -0.39 is 0 Å². The van der Waals surface area contributed by atoms with Gasteiger partial charge in [-0.15, -0.1) is 0 Å². The number of aromatic nitrogens is 4. The molecule has 10 nitrogen and oxygen atoms in total. The zero-order valence-electron chi connectivity index (χ0n) is 21.3. The van der Waals surface area contributed by atoms with E-state index in [0.717, 1.165) is 69.0 Å². The van der Waals surface area contributed by atoms with Crippen molar-refractivity contribution in [2.45, 2.75) is 52.2 Å². The van der Waals surface area contributed by atoms with E-state index >= 15 is 0 Å². The quantitative estimate of drug-likeness (QED) is 0.563. The van der Waals surface area contributed by atoms with Gasteiger partial charge in [-0.05, 0) is 54.1 Å². The first-order valence-electron chi connectivity index (χ1n) is 12.7. The molecule has 188 valence electrons. The van der Waals surface area contributed by atoms with Crippen molar-refractivity contribution in [3.05, 3.63) is 6.33 Å². The Morgan fingerprint density at radius 2 is 2.00 bits per heavy atom. The number of imidazole rings is 1. The van der Waals surface area contributed by atoms with Crippen LogP contribution in [0.4, 0.5) is 11.8 Å². The van der Waals surface area contributed by atoms with Crippen LogP contribution in [0.2, 0.25) is 0 Å². The minimum Gasteiger partial charge on any atom is -0.375 e. The van der Waals surface area contributed by atoms with Crippen molar-refractivity contribution < 1.29 is 9.53 Å². The smallest absolute Gasteiger partial charge is 0.229 e. The van der Waals surface area contributed by atoms with Crippen molar-refractivity contribution in [1.29, 1.82) is 0 Å². The molecule has 1 amide bonds. The molecule has 10 heteroatoms. The van der Waals surface area contributed by atoms with E-state index in [4.69, 9.17) is 14.7 Å². The molecule has 2 aliphatic rings. The number of hydrogen-bond acceptors (Lipinski definition) is 8. The molecule has 0 radical (unpaired) electrons. The second-order valence-electron chi connectivity index (χ2n) is 9.95. The van der Waals surface area contributed by atoms with E-state index in [-0.39, 0.29) is 18.1 Å². The summed E-state index contributed by atoms with van der Waals surface area (Å²) in [7, 11) is 4.10. The van der Waals surface area contributed by atoms with E-state index in [1.807, 2.05) is 32.2 Å². The molecule has 1 aliphatic carbocycles. The number of amides is 1. The number of anilines is 2. The molecule has 3 heterocycles. The summed E-state index contributed by atoms with van der Waals surface area (Å²) in [4.78, 5) is 33.5. The van der Waals surface area contributed by atoms with Gasteiger partial charge in [-0.3, -0.25) is 4.79 Å². The van der Waals surface area contributed by atoms with E-state index in [9.17, 15) is 4.79 Å². The minimum absolute atomic E-state index is 0.0424. The Balaban J connectivity index is 1.57. The number of carbonyl (C=O) groups excluding carboxylic acids is 1. The lowest BCUT2D eigenvalue weighted by molar-refractivity contribution is -0.132. The molecule has 4 rings (SSSR count). The third-order valence-corrected chi connectivity index (χ3v) is 6.45. The number of likely N-dealkylation sites (N-methyl/N-ethyl adjacent to an activating group) is 1. The highest BCUT2D eigenvalue weighted by molar-refractivity contribution is 5.84. The lowest BCUT2D eigenvalue weighted by Crippen LogP contribution is -2.36. The van der Waals surface area contributed by atoms with Crippen molar-refractivity contribution in [3.63, 3.8) is 0 Å². The number of rotatable bonds is 10. The highest BCUT2D eigenvalue weighted by Gasteiger charge is 2.34. The fraction of sp³-hybridized carbons (Fsp3) is 0.750. The second kappa shape index (κ2) is 10.9. The van der Waals surface area contributed by atoms with Gasteiger partial charge >= 0.3 is 0 Å². The van der Waals surface area contributed by atoms with Crippen LogP contribution in [0.25, 0.3) is 11.2 Å². The van der Waals surface area contributed by atoms with Crippen molar-refractivity contribution in [3.8, 4) is 0 Å². The lowest BCUT2D eigenvalue weighted by Gasteiger charge is -2.24. The first-order chi connectivity index (χ1) is 16.4. The standard InChI is InChI=1S/C24H40N8O2/c1-6-34-19(15-29(4)5)14-25-21-20-22(32(16-26-20)17(2)3)28-24(27-21)31-11-7-10-30(12-13-31)23(33)18-8-9-18/h16-19H,6-15H2,1-5H3,(H,25,27,28). The monoisotopic (exact) mass is 472 g/mol. The first kappa shape index (κ1) is 24.7. The van der Waals surface area contributed by atoms with Gasteiger partial charge in [0.25, 0.3) is 0 Å². The third kappa shape index (κ3) is 5.78. The van der Waals surface area contributed by atoms with Crippen molar-refractivity contribution in [2.75, 3.05) is 70.2 Å². The van der Waals surface area contributed by atoms with Crippen LogP contribution in [0.5, 0.6) is 0 Å². The summed E-state index contributed by atoms with van der Waals surface area (Å²) in [6.07, 6.45) is 4.90. The summed E-state index contributed by atoms with van der Waals surface area (Å²) < 4.78 is 8.02. The van der Waals surface area contributed by atoms with Gasteiger partial charge in [-0.25, -0.2) is 4.98 Å². The molecule has 2 aromatic rings. The number of nitrogens with zero attached hydrogens (tertiary/aromatic N) is 7. The second-order valence-corrected chi connectivity index (χ2v) is 9.95. The molecule has 0 spiro atoms. The molecule has 2 aromatic heterocycles. The van der Waals surface area contributed by atoms with Crippen LogP contribution in [0.1, 0.15) is 46.1 Å². The van der Waals surface area contributed by atoms with Crippen LogP contribution in [0.3, 0.4) is 0 Å². The highest BCUT2D eigenvalue weighted by atomic mass is 16.5. The molecular formula is C24H40N8O2. The highest BCUT2D eigenvalue weighted by Crippen LogP contribution is 2.31. The van der Waals surface area contributed by atoms with Gasteiger partial charge in [0.1, 0.15) is 0 Å². The summed E-state index contributed by atoms with van der Waals surface area (Å²) in [6.45, 7) is 11.5. The Hall–Kier alpha value is -2.46. The van der Waals surface area contributed by atoms with Crippen molar-refractivity contribution in [1.82, 2.24) is 29.3 Å². The summed E-state index contributed by atoms with van der Waals surface area (Å²) in [5.74, 6) is 2.01. The van der Waals surface area contributed by atoms with Gasteiger partial charge in [0.15, 0.2) is 17.0 Å². The molecule has 2 fully saturated rings. The molecule has 1 saturated heterocycles. The molecule has 34 heavy (non-hydrogen) atoms. The SMILES string of the molecule is CCOC(CNc1nc(N2CCCN(C(=O)C3CC3)CC2)nc2c1ncn2C(C)C)CN(C)C. The first-order valence-corrected chi connectivity index (χ1v) is 12.7. The third-order valence-electron chi connectivity index (χ3n) is 6.45. The fourth-order valence-electron chi connectivity index (χ4n) is 4.50. The number of ether oxygens (including phenoxy) is 1. The molecule has 1 unspecified atom stereocenters. The Kier molecular flexibility index (Phi) is 7.88. The van der Waals surface area contributed by atoms with Crippen LogP contribution in [-0.4, -0.2) is 101 Å². The zero-order valence-corrected chi connectivity index (χ0v) is 21.3. The Morgan fingerprint density at radius 1 is 1.21 bits per heavy atom. The topological polar surface area (TPSA) is 91.6 Å².